The Morgan fingerprint density at radius 3 is 2.60 bits per heavy atom. The number of benzene rings is 2. The Balaban J connectivity index is 1.54. The van der Waals surface area contributed by atoms with Crippen LogP contribution in [0.4, 0.5) is 5.69 Å². The number of carbonyl (C=O) groups excluding carboxylic acids is 1. The van der Waals surface area contributed by atoms with E-state index in [1.165, 1.54) is 0 Å². The molecule has 7 heteroatoms. The maximum Gasteiger partial charge on any atom is 0.330 e. The van der Waals surface area contributed by atoms with Gasteiger partial charge in [0.15, 0.2) is 11.5 Å². The molecule has 0 saturated carbocycles. The first-order chi connectivity index (χ1) is 12.1. The molecule has 2 N–H and O–H groups in total. The molecule has 0 unspecified atom stereocenters. The van der Waals surface area contributed by atoms with E-state index in [-0.39, 0.29) is 18.4 Å². The number of carbonyl (C=O) groups is 1. The lowest BCUT2D eigenvalue weighted by Crippen LogP contribution is -2.16. The summed E-state index contributed by atoms with van der Waals surface area (Å²) in [7, 11) is 0. The number of aryl methyl sites for hydroxylation is 1. The predicted molar refractivity (Wildman–Crippen MR) is 91.6 cm³/mol. The van der Waals surface area contributed by atoms with Crippen LogP contribution in [-0.2, 0) is 0 Å². The van der Waals surface area contributed by atoms with E-state index in [9.17, 15) is 9.59 Å². The Kier molecular flexibility index (Phi) is 3.53. The minimum Gasteiger partial charge on any atom is -0.454 e. The van der Waals surface area contributed by atoms with Gasteiger partial charge in [-0.05, 0) is 43.3 Å². The highest BCUT2D eigenvalue weighted by molar-refractivity contribution is 6.04. The molecule has 0 fully saturated rings. The van der Waals surface area contributed by atoms with E-state index in [1.807, 2.05) is 6.92 Å². The Morgan fingerprint density at radius 1 is 1.12 bits per heavy atom. The van der Waals surface area contributed by atoms with Crippen LogP contribution in [0.25, 0.3) is 5.69 Å². The molecule has 0 bridgehead atoms. The number of hydrogen-bond acceptors (Lipinski definition) is 4. The van der Waals surface area contributed by atoms with Crippen LogP contribution in [-0.4, -0.2) is 22.3 Å². The summed E-state index contributed by atoms with van der Waals surface area (Å²) in [6, 6.07) is 12.0. The molecule has 0 saturated heterocycles. The predicted octanol–water partition coefficient (Wildman–Crippen LogP) is 2.46. The summed E-state index contributed by atoms with van der Waals surface area (Å²) in [4.78, 5) is 26.8. The molecule has 1 aliphatic heterocycles. The first-order valence-corrected chi connectivity index (χ1v) is 7.70. The number of fused-ring (bicyclic) bond motifs is 1. The van der Waals surface area contributed by atoms with Crippen LogP contribution in [0.15, 0.2) is 53.5 Å². The molecule has 7 nitrogen and oxygen atoms in total. The van der Waals surface area contributed by atoms with Crippen molar-refractivity contribution in [3.8, 4) is 17.2 Å². The van der Waals surface area contributed by atoms with Crippen molar-refractivity contribution in [2.45, 2.75) is 6.92 Å². The van der Waals surface area contributed by atoms with Gasteiger partial charge in [-0.1, -0.05) is 0 Å². The molecule has 25 heavy (non-hydrogen) atoms. The SMILES string of the molecule is Cc1c[nH]c(=O)n1-c1ccc(C(=O)Nc2ccc3c(c2)OCO3)cc1. The number of hydrogen-bond donors (Lipinski definition) is 2. The van der Waals surface area contributed by atoms with Gasteiger partial charge in [0.05, 0.1) is 5.69 Å². The fourth-order valence-corrected chi connectivity index (χ4v) is 2.72. The van der Waals surface area contributed by atoms with Gasteiger partial charge in [-0.2, -0.15) is 0 Å². The number of nitrogens with zero attached hydrogens (tertiary/aromatic N) is 1. The van der Waals surface area contributed by atoms with Gasteiger partial charge in [-0.25, -0.2) is 4.79 Å². The number of nitrogens with one attached hydrogen (secondary N) is 2. The highest BCUT2D eigenvalue weighted by atomic mass is 16.7. The number of anilines is 1. The molecule has 0 aliphatic carbocycles. The number of ether oxygens (including phenoxy) is 2. The van der Waals surface area contributed by atoms with Crippen LogP contribution in [0.2, 0.25) is 0 Å². The van der Waals surface area contributed by atoms with Crippen molar-refractivity contribution in [1.82, 2.24) is 9.55 Å². The molecule has 1 amide bonds. The molecule has 4 rings (SSSR count). The summed E-state index contributed by atoms with van der Waals surface area (Å²) in [5, 5.41) is 2.82. The first kappa shape index (κ1) is 15.1. The van der Waals surface area contributed by atoms with Gasteiger partial charge in [0.1, 0.15) is 0 Å². The zero-order chi connectivity index (χ0) is 17.4. The zero-order valence-corrected chi connectivity index (χ0v) is 13.4. The maximum absolute atomic E-state index is 12.4. The van der Waals surface area contributed by atoms with Crippen molar-refractivity contribution in [2.75, 3.05) is 12.1 Å². The lowest BCUT2D eigenvalue weighted by molar-refractivity contribution is 0.102. The Labute approximate surface area is 142 Å². The van der Waals surface area contributed by atoms with Crippen LogP contribution in [0.5, 0.6) is 11.5 Å². The monoisotopic (exact) mass is 337 g/mol. The number of imidazole rings is 1. The molecule has 0 spiro atoms. The van der Waals surface area contributed by atoms with Gasteiger partial charge in [-0.3, -0.25) is 9.36 Å². The van der Waals surface area contributed by atoms with E-state index in [4.69, 9.17) is 9.47 Å². The summed E-state index contributed by atoms with van der Waals surface area (Å²) in [5.74, 6) is 1.02. The second-order valence-corrected chi connectivity index (χ2v) is 5.64. The number of aromatic amines is 1. The normalized spacial score (nSPS) is 12.2. The fraction of sp³-hybridized carbons (Fsp3) is 0.111. The molecule has 1 aromatic heterocycles. The molecule has 1 aliphatic rings. The third kappa shape index (κ3) is 2.76. The topological polar surface area (TPSA) is 85.4 Å². The average Bonchev–Trinajstić information content (AvgIpc) is 3.21. The van der Waals surface area contributed by atoms with E-state index in [0.29, 0.717) is 28.4 Å². The van der Waals surface area contributed by atoms with Crippen molar-refractivity contribution in [2.24, 2.45) is 0 Å². The average molecular weight is 337 g/mol. The van der Waals surface area contributed by atoms with E-state index in [1.54, 1.807) is 53.2 Å². The number of rotatable bonds is 3. The summed E-state index contributed by atoms with van der Waals surface area (Å²) in [5.41, 5.74) is 2.39. The standard InChI is InChI=1S/C18H15N3O4/c1-11-9-19-18(23)21(11)14-5-2-12(3-6-14)17(22)20-13-4-7-15-16(8-13)25-10-24-15/h2-9H,10H2,1H3,(H,19,23)(H,20,22). The molecule has 2 aromatic carbocycles. The summed E-state index contributed by atoms with van der Waals surface area (Å²) >= 11 is 0. The van der Waals surface area contributed by atoms with Crippen LogP contribution in [0.1, 0.15) is 16.1 Å². The molecule has 0 radical (unpaired) electrons. The van der Waals surface area contributed by atoms with Crippen molar-refractivity contribution >= 4 is 11.6 Å². The van der Waals surface area contributed by atoms with E-state index in [2.05, 4.69) is 10.3 Å². The Morgan fingerprint density at radius 2 is 1.88 bits per heavy atom. The Bertz CT molecular complexity index is 1000. The summed E-state index contributed by atoms with van der Waals surface area (Å²) in [6.45, 7) is 2.02. The van der Waals surface area contributed by atoms with E-state index < -0.39 is 0 Å². The highest BCUT2D eigenvalue weighted by Gasteiger charge is 2.15. The summed E-state index contributed by atoms with van der Waals surface area (Å²) in [6.07, 6.45) is 1.64. The minimum atomic E-state index is -0.247. The van der Waals surface area contributed by atoms with Gasteiger partial charge in [0.25, 0.3) is 5.91 Å². The maximum atomic E-state index is 12.4. The third-order valence-electron chi connectivity index (χ3n) is 3.98. The number of H-pyrrole nitrogens is 1. The summed E-state index contributed by atoms with van der Waals surface area (Å²) < 4.78 is 12.1. The number of amides is 1. The van der Waals surface area contributed by atoms with Crippen molar-refractivity contribution < 1.29 is 14.3 Å². The van der Waals surface area contributed by atoms with Gasteiger partial charge < -0.3 is 19.8 Å². The molecular formula is C18H15N3O4. The van der Waals surface area contributed by atoms with Gasteiger partial charge in [0.2, 0.25) is 6.79 Å². The van der Waals surface area contributed by atoms with Crippen LogP contribution < -0.4 is 20.5 Å². The molecule has 0 atom stereocenters. The Hall–Kier alpha value is -3.48. The molecule has 126 valence electrons. The van der Waals surface area contributed by atoms with Gasteiger partial charge in [-0.15, -0.1) is 0 Å². The smallest absolute Gasteiger partial charge is 0.330 e. The lowest BCUT2D eigenvalue weighted by atomic mass is 10.2. The molecule has 3 aromatic rings. The van der Waals surface area contributed by atoms with Crippen LogP contribution in [0, 0.1) is 6.92 Å². The minimum absolute atomic E-state index is 0.187. The zero-order valence-electron chi connectivity index (χ0n) is 13.4. The molecular weight excluding hydrogens is 322 g/mol. The lowest BCUT2D eigenvalue weighted by Gasteiger charge is -2.08. The van der Waals surface area contributed by atoms with Crippen molar-refractivity contribution in [3.05, 3.63) is 70.4 Å². The van der Waals surface area contributed by atoms with E-state index in [0.717, 1.165) is 5.69 Å². The first-order valence-electron chi connectivity index (χ1n) is 7.70. The quantitative estimate of drug-likeness (QED) is 0.769. The second-order valence-electron chi connectivity index (χ2n) is 5.64. The fourth-order valence-electron chi connectivity index (χ4n) is 2.72. The molecule has 2 heterocycles. The van der Waals surface area contributed by atoms with Crippen molar-refractivity contribution in [1.29, 1.82) is 0 Å². The highest BCUT2D eigenvalue weighted by Crippen LogP contribution is 2.34. The number of aromatic nitrogens is 2. The third-order valence-corrected chi connectivity index (χ3v) is 3.98. The van der Waals surface area contributed by atoms with Gasteiger partial charge in [0, 0.05) is 29.2 Å². The van der Waals surface area contributed by atoms with Crippen LogP contribution >= 0.6 is 0 Å². The van der Waals surface area contributed by atoms with E-state index >= 15 is 0 Å². The van der Waals surface area contributed by atoms with Crippen molar-refractivity contribution in [3.63, 3.8) is 0 Å². The van der Waals surface area contributed by atoms with Gasteiger partial charge >= 0.3 is 5.69 Å². The second kappa shape index (κ2) is 5.86. The largest absolute Gasteiger partial charge is 0.454 e. The van der Waals surface area contributed by atoms with Crippen LogP contribution in [0.3, 0.4) is 0 Å².